The highest BCUT2D eigenvalue weighted by molar-refractivity contribution is 9.10. The van der Waals surface area contributed by atoms with Gasteiger partial charge >= 0.3 is 68.1 Å². The van der Waals surface area contributed by atoms with Gasteiger partial charge in [0.25, 0.3) is 5.82 Å². The second-order valence-corrected chi connectivity index (χ2v) is 26.4. The second kappa shape index (κ2) is 45.1. The molecule has 682 valence electrons. The lowest BCUT2D eigenvalue weighted by atomic mass is 10.2. The number of nitrogens with zero attached hydrogens (tertiary/aromatic N) is 18. The number of hydrogen-bond donors (Lipinski definition) is 0. The molecule has 20 nitrogen and oxygen atoms in total. The molecule has 0 saturated carbocycles. The standard InChI is InChI=1S/C8H11F3N2.C7H7F5N2.C7H9F3N2.C7H6F3N.C6H6BrN.C6H7F3N2.C6H5F3N2.C6H5F3S.C6H8F2N2O.C5H6F3N3.C5H4F3NO/c1-5(2)13-6(3)4-7(12-13)8(9,10)11;1-4-3-5(13-14(4)2)6(8,9)7(10,11)12;1-3-12-5(2)4-6(11-12)7(8,9)10;1-5-3-2-4-6(11-5)7(8,9)10;1-5-2-3-8-6(7)4-5;1-4-3-5(6(7,8)9)10-11(4)2;1-4-2-3-10-5(11-4)6(7,8)9;1-4-2-5(10-3-4)6(7,8)9;1-4-3-5(9-10(4)2)11-6(7)8;1-3-9-4(5(6,7)8)10-11(3)2;1-3-2-4(9-10-3)5(6,7)8/h4-5H,1-3H3;3H,1-2H3;4H,3H2,1-2H3;2-4H,1H3;2-4H,1H3;3H,1-2H3;2-3H,1H3;2-3H,1H3;3,6H,1-2H3;1-2H3;2H,1H3. The Kier molecular flexibility index (Phi) is 40.5. The first-order chi connectivity index (χ1) is 55.1. The molecular formula is C69H74BrF31N18O2S. The first kappa shape index (κ1) is 110. The molecule has 0 atom stereocenters. The van der Waals surface area contributed by atoms with E-state index in [-0.39, 0.29) is 29.2 Å². The van der Waals surface area contributed by atoms with Crippen LogP contribution in [0.2, 0.25) is 0 Å². The zero-order valence-corrected chi connectivity index (χ0v) is 68.9. The Labute approximate surface area is 685 Å². The lowest BCUT2D eigenvalue weighted by Crippen LogP contribution is -2.34. The van der Waals surface area contributed by atoms with Crippen LogP contribution in [0.1, 0.15) is 140 Å². The van der Waals surface area contributed by atoms with Gasteiger partial charge in [0.05, 0.1) is 0 Å². The van der Waals surface area contributed by atoms with Gasteiger partial charge in [-0.25, -0.2) is 24.9 Å². The summed E-state index contributed by atoms with van der Waals surface area (Å²) in [7, 11) is 5.85. The summed E-state index contributed by atoms with van der Waals surface area (Å²) in [6.45, 7) is 20.5. The maximum Gasteiger partial charge on any atom is 0.459 e. The third-order valence-corrected chi connectivity index (χ3v) is 15.6. The van der Waals surface area contributed by atoms with Crippen LogP contribution in [0.5, 0.6) is 5.88 Å². The third kappa shape index (κ3) is 38.8. The van der Waals surface area contributed by atoms with Crippen molar-refractivity contribution < 1.29 is 145 Å². The van der Waals surface area contributed by atoms with E-state index in [1.165, 1.54) is 110 Å². The molecule has 122 heavy (non-hydrogen) atoms. The van der Waals surface area contributed by atoms with Gasteiger partial charge in [0, 0.05) is 105 Å². The summed E-state index contributed by atoms with van der Waals surface area (Å²) in [5, 5.41) is 24.3. The van der Waals surface area contributed by atoms with Gasteiger partial charge in [-0.2, -0.15) is 156 Å². The lowest BCUT2D eigenvalue weighted by Gasteiger charge is -2.16. The van der Waals surface area contributed by atoms with Crippen molar-refractivity contribution in [3.63, 3.8) is 0 Å². The van der Waals surface area contributed by atoms with E-state index in [2.05, 4.69) is 85.9 Å². The number of halogens is 32. The fourth-order valence-corrected chi connectivity index (χ4v) is 9.05. The first-order valence-corrected chi connectivity index (χ1v) is 35.1. The Morgan fingerprint density at radius 3 is 1.13 bits per heavy atom. The number of thiophene rings is 1. The maximum atomic E-state index is 12.7. The molecule has 0 aliphatic rings. The number of rotatable bonds is 5. The molecule has 0 radical (unpaired) electrons. The Morgan fingerprint density at radius 1 is 0.418 bits per heavy atom. The zero-order valence-electron chi connectivity index (χ0n) is 66.5. The van der Waals surface area contributed by atoms with Gasteiger partial charge < -0.3 is 9.26 Å². The Bertz CT molecular complexity index is 4690. The van der Waals surface area contributed by atoms with E-state index in [4.69, 9.17) is 0 Å². The second-order valence-electron chi connectivity index (χ2n) is 24.7. The van der Waals surface area contributed by atoms with E-state index < -0.39 is 119 Å². The van der Waals surface area contributed by atoms with Crippen LogP contribution in [0.3, 0.4) is 0 Å². The number of aromatic nitrogens is 18. The number of hydrogen-bond acceptors (Lipinski definition) is 15. The average molecular weight is 1890 g/mol. The van der Waals surface area contributed by atoms with Crippen molar-refractivity contribution in [3.05, 3.63) is 214 Å². The van der Waals surface area contributed by atoms with Crippen molar-refractivity contribution in [2.75, 3.05) is 0 Å². The lowest BCUT2D eigenvalue weighted by molar-refractivity contribution is -0.291. The molecule has 0 bridgehead atoms. The van der Waals surface area contributed by atoms with Crippen LogP contribution in [0.4, 0.5) is 136 Å². The molecule has 0 aromatic carbocycles. The third-order valence-electron chi connectivity index (χ3n) is 14.0. The van der Waals surface area contributed by atoms with Crippen molar-refractivity contribution in [2.45, 2.75) is 178 Å². The van der Waals surface area contributed by atoms with Gasteiger partial charge in [-0.1, -0.05) is 11.2 Å². The summed E-state index contributed by atoms with van der Waals surface area (Å²) >= 11 is 3.98. The van der Waals surface area contributed by atoms with Crippen LogP contribution in [0.15, 0.2) is 106 Å². The molecular weight excluding hydrogens is 1810 g/mol. The fourth-order valence-electron chi connectivity index (χ4n) is 7.80. The quantitative estimate of drug-likeness (QED) is 0.116. The van der Waals surface area contributed by atoms with Crippen molar-refractivity contribution in [1.82, 2.24) is 88.8 Å². The highest BCUT2D eigenvalue weighted by atomic mass is 79.9. The monoisotopic (exact) mass is 1890 g/mol. The molecule has 0 aliphatic carbocycles. The van der Waals surface area contributed by atoms with E-state index in [1.54, 1.807) is 68.6 Å². The number of aryl methyl sites for hydroxylation is 16. The van der Waals surface area contributed by atoms with Gasteiger partial charge in [0.2, 0.25) is 11.7 Å². The topological polar surface area (TPSA) is 207 Å². The predicted molar refractivity (Wildman–Crippen MR) is 379 cm³/mol. The zero-order chi connectivity index (χ0) is 94.9. The highest BCUT2D eigenvalue weighted by Crippen LogP contribution is 2.44. The van der Waals surface area contributed by atoms with Gasteiger partial charge in [0.15, 0.2) is 22.8 Å². The van der Waals surface area contributed by atoms with Gasteiger partial charge in [-0.15, -0.1) is 21.5 Å². The molecule has 11 aromatic heterocycles. The molecule has 0 N–H and O–H groups in total. The number of alkyl halides is 31. The highest BCUT2D eigenvalue weighted by Gasteiger charge is 2.60. The summed E-state index contributed by atoms with van der Waals surface area (Å²) in [5.41, 5.74) is -0.407. The van der Waals surface area contributed by atoms with E-state index in [0.717, 1.165) is 73.6 Å². The molecule has 0 amide bonds. The molecule has 11 heterocycles. The van der Waals surface area contributed by atoms with Crippen molar-refractivity contribution in [3.8, 4) is 5.88 Å². The van der Waals surface area contributed by atoms with E-state index in [9.17, 15) is 136 Å². The summed E-state index contributed by atoms with van der Waals surface area (Å²) in [6, 6.07) is 16.4. The van der Waals surface area contributed by atoms with Crippen molar-refractivity contribution in [2.24, 2.45) is 28.2 Å². The summed E-state index contributed by atoms with van der Waals surface area (Å²) in [6.07, 6.45) is -37.5. The van der Waals surface area contributed by atoms with E-state index >= 15 is 0 Å². The average Bonchev–Trinajstić information content (AvgIpc) is 1.55. The minimum atomic E-state index is -5.60. The van der Waals surface area contributed by atoms with Crippen LogP contribution >= 0.6 is 27.3 Å². The first-order valence-electron chi connectivity index (χ1n) is 33.4. The van der Waals surface area contributed by atoms with Gasteiger partial charge in [0.1, 0.15) is 32.5 Å². The number of ether oxygens (including phenoxy) is 1. The van der Waals surface area contributed by atoms with Crippen molar-refractivity contribution in [1.29, 1.82) is 0 Å². The minimum absolute atomic E-state index is 0.0417. The van der Waals surface area contributed by atoms with Crippen LogP contribution in [0, 0.1) is 76.2 Å². The molecule has 0 unspecified atom stereocenters. The van der Waals surface area contributed by atoms with Gasteiger partial charge in [-0.3, -0.25) is 28.1 Å². The summed E-state index contributed by atoms with van der Waals surface area (Å²) < 4.78 is 386. The van der Waals surface area contributed by atoms with E-state index in [1.807, 2.05) is 19.1 Å². The van der Waals surface area contributed by atoms with Gasteiger partial charge in [-0.05, 0) is 190 Å². The molecule has 11 aromatic rings. The Hall–Kier alpha value is -10.4. The smallest absolute Gasteiger partial charge is 0.415 e. The van der Waals surface area contributed by atoms with Crippen LogP contribution < -0.4 is 4.74 Å². The van der Waals surface area contributed by atoms with E-state index in [0.29, 0.717) is 46.6 Å². The molecule has 0 saturated heterocycles. The SMILES string of the molecule is CCn1nc(C(F)(F)F)cc1C.Cc1cc(C(F)(F)C(F)(F)F)nn1C.Cc1cc(C(F)(F)F)nn1C.Cc1cc(C(F)(F)F)nn1C(C)C.Cc1cc(C(F)(F)F)no1.Cc1cc(OC(F)F)nn1C.Cc1cccc(C(F)(F)F)n1.Cc1ccnc(Br)c1.Cc1ccnc(C(F)(F)F)n1.Cc1csc(C(F)(F)F)c1.Cc1nc(C(F)(F)F)nn1C. The molecule has 0 spiro atoms. The fraction of sp³-hybridized carbons (Fsp3) is 0.449. The normalized spacial score (nSPS) is 11.9. The number of pyridine rings is 2. The molecule has 53 heteroatoms. The maximum absolute atomic E-state index is 12.7. The predicted octanol–water partition coefficient (Wildman–Crippen LogP) is 23.1. The van der Waals surface area contributed by atoms with Crippen LogP contribution in [0.25, 0.3) is 0 Å². The van der Waals surface area contributed by atoms with Crippen LogP contribution in [-0.2, 0) is 90.1 Å². The Morgan fingerprint density at radius 2 is 0.869 bits per heavy atom. The van der Waals surface area contributed by atoms with Crippen LogP contribution in [-0.4, -0.2) is 102 Å². The summed E-state index contributed by atoms with van der Waals surface area (Å²) in [5.74, 6) is -6.70. The molecule has 11 rings (SSSR count). The largest absolute Gasteiger partial charge is 0.459 e. The van der Waals surface area contributed by atoms with Crippen molar-refractivity contribution >= 4 is 27.3 Å². The molecule has 0 aliphatic heterocycles. The Balaban J connectivity index is 0.000000672. The molecule has 0 fully saturated rings. The minimum Gasteiger partial charge on any atom is -0.415 e. The summed E-state index contributed by atoms with van der Waals surface area (Å²) in [4.78, 5) is 16.2.